The van der Waals surface area contributed by atoms with Crippen molar-refractivity contribution in [2.45, 2.75) is 12.5 Å². The number of ether oxygens (including phenoxy) is 2. The molecule has 0 spiro atoms. The SMILES string of the molecule is COc1ccc(N[C@@H]2CC(=O)N(c3ccc(F)cc3)C2=O)c(OC)c1. The molecule has 6 nitrogen and oxygen atoms in total. The van der Waals surface area contributed by atoms with Gasteiger partial charge >= 0.3 is 0 Å². The number of hydrogen-bond acceptors (Lipinski definition) is 5. The van der Waals surface area contributed by atoms with Crippen LogP contribution < -0.4 is 19.7 Å². The average Bonchev–Trinajstić information content (AvgIpc) is 2.90. The first-order chi connectivity index (χ1) is 12.0. The largest absolute Gasteiger partial charge is 0.497 e. The van der Waals surface area contributed by atoms with Gasteiger partial charge in [-0.3, -0.25) is 9.59 Å². The maximum absolute atomic E-state index is 13.1. The number of nitrogens with zero attached hydrogens (tertiary/aromatic N) is 1. The van der Waals surface area contributed by atoms with Crippen molar-refractivity contribution >= 4 is 23.2 Å². The minimum absolute atomic E-state index is 0.00535. The van der Waals surface area contributed by atoms with E-state index in [4.69, 9.17) is 9.47 Å². The summed E-state index contributed by atoms with van der Waals surface area (Å²) in [6.45, 7) is 0. The summed E-state index contributed by atoms with van der Waals surface area (Å²) >= 11 is 0. The van der Waals surface area contributed by atoms with Crippen LogP contribution in [0, 0.1) is 5.82 Å². The predicted octanol–water partition coefficient (Wildman–Crippen LogP) is 2.59. The number of anilines is 2. The molecule has 1 heterocycles. The standard InChI is InChI=1S/C18H17FN2O4/c1-24-13-7-8-14(16(9-13)25-2)20-15-10-17(22)21(18(15)23)12-5-3-11(19)4-6-12/h3-9,15,20H,10H2,1-2H3/t15-/m1/s1. The summed E-state index contributed by atoms with van der Waals surface area (Å²) in [6, 6.07) is 9.64. The van der Waals surface area contributed by atoms with Gasteiger partial charge in [-0.15, -0.1) is 0 Å². The van der Waals surface area contributed by atoms with E-state index in [0.717, 1.165) is 4.90 Å². The van der Waals surface area contributed by atoms with Gasteiger partial charge in [-0.2, -0.15) is 0 Å². The Morgan fingerprint density at radius 2 is 1.80 bits per heavy atom. The highest BCUT2D eigenvalue weighted by atomic mass is 19.1. The van der Waals surface area contributed by atoms with Crippen LogP contribution in [0.4, 0.5) is 15.8 Å². The molecule has 2 aromatic rings. The van der Waals surface area contributed by atoms with Crippen molar-refractivity contribution in [2.75, 3.05) is 24.4 Å². The van der Waals surface area contributed by atoms with Gasteiger partial charge in [-0.25, -0.2) is 9.29 Å². The minimum atomic E-state index is -0.722. The molecule has 2 aromatic carbocycles. The molecule has 0 radical (unpaired) electrons. The Kier molecular flexibility index (Phi) is 4.56. The molecule has 1 atom stereocenters. The van der Waals surface area contributed by atoms with Crippen LogP contribution in [0.2, 0.25) is 0 Å². The van der Waals surface area contributed by atoms with Crippen molar-refractivity contribution in [3.8, 4) is 11.5 Å². The van der Waals surface area contributed by atoms with Gasteiger partial charge in [-0.05, 0) is 36.4 Å². The number of methoxy groups -OCH3 is 2. The Morgan fingerprint density at radius 1 is 1.08 bits per heavy atom. The fourth-order valence-corrected chi connectivity index (χ4v) is 2.71. The molecule has 3 rings (SSSR count). The number of carbonyl (C=O) groups is 2. The van der Waals surface area contributed by atoms with Crippen molar-refractivity contribution in [1.82, 2.24) is 0 Å². The summed E-state index contributed by atoms with van der Waals surface area (Å²) in [5, 5.41) is 3.04. The number of amides is 2. The lowest BCUT2D eigenvalue weighted by atomic mass is 10.2. The van der Waals surface area contributed by atoms with Crippen molar-refractivity contribution < 1.29 is 23.5 Å². The van der Waals surface area contributed by atoms with Gasteiger partial charge in [0.1, 0.15) is 23.4 Å². The van der Waals surface area contributed by atoms with E-state index < -0.39 is 17.8 Å². The third kappa shape index (κ3) is 3.26. The second kappa shape index (κ2) is 6.80. The Balaban J connectivity index is 1.82. The maximum atomic E-state index is 13.1. The lowest BCUT2D eigenvalue weighted by molar-refractivity contribution is -0.121. The number of carbonyl (C=O) groups excluding carboxylic acids is 2. The summed E-state index contributed by atoms with van der Waals surface area (Å²) < 4.78 is 23.5. The summed E-state index contributed by atoms with van der Waals surface area (Å²) in [5.74, 6) is -0.0550. The van der Waals surface area contributed by atoms with E-state index in [9.17, 15) is 14.0 Å². The summed E-state index contributed by atoms with van der Waals surface area (Å²) in [5.41, 5.74) is 0.929. The molecular formula is C18H17FN2O4. The lowest BCUT2D eigenvalue weighted by Gasteiger charge is -2.17. The van der Waals surface area contributed by atoms with Crippen molar-refractivity contribution in [3.63, 3.8) is 0 Å². The zero-order chi connectivity index (χ0) is 18.0. The van der Waals surface area contributed by atoms with E-state index in [1.54, 1.807) is 25.3 Å². The molecule has 1 N–H and O–H groups in total. The first kappa shape index (κ1) is 16.8. The molecule has 7 heteroatoms. The van der Waals surface area contributed by atoms with Crippen LogP contribution in [0.15, 0.2) is 42.5 Å². The van der Waals surface area contributed by atoms with E-state index in [2.05, 4.69) is 5.32 Å². The molecule has 1 saturated heterocycles. The van der Waals surface area contributed by atoms with Gasteiger partial charge in [0.15, 0.2) is 0 Å². The van der Waals surface area contributed by atoms with Crippen LogP contribution in [0.25, 0.3) is 0 Å². The fraction of sp³-hybridized carbons (Fsp3) is 0.222. The van der Waals surface area contributed by atoms with Crippen LogP contribution in [-0.4, -0.2) is 32.1 Å². The van der Waals surface area contributed by atoms with Crippen molar-refractivity contribution in [1.29, 1.82) is 0 Å². The summed E-state index contributed by atoms with van der Waals surface area (Å²) in [7, 11) is 3.05. The Labute approximate surface area is 144 Å². The second-order valence-electron chi connectivity index (χ2n) is 5.51. The highest BCUT2D eigenvalue weighted by molar-refractivity contribution is 6.23. The van der Waals surface area contributed by atoms with Crippen LogP contribution in [-0.2, 0) is 9.59 Å². The quantitative estimate of drug-likeness (QED) is 0.845. The summed E-state index contributed by atoms with van der Waals surface area (Å²) in [4.78, 5) is 25.9. The highest BCUT2D eigenvalue weighted by Gasteiger charge is 2.39. The van der Waals surface area contributed by atoms with Gasteiger partial charge < -0.3 is 14.8 Å². The highest BCUT2D eigenvalue weighted by Crippen LogP contribution is 2.32. The molecule has 0 unspecified atom stereocenters. The topological polar surface area (TPSA) is 67.9 Å². The monoisotopic (exact) mass is 344 g/mol. The molecule has 1 fully saturated rings. The molecule has 0 aromatic heterocycles. The lowest BCUT2D eigenvalue weighted by Crippen LogP contribution is -2.34. The molecule has 0 bridgehead atoms. The van der Waals surface area contributed by atoms with E-state index in [1.807, 2.05) is 0 Å². The van der Waals surface area contributed by atoms with E-state index in [0.29, 0.717) is 22.9 Å². The smallest absolute Gasteiger partial charge is 0.256 e. The van der Waals surface area contributed by atoms with E-state index in [-0.39, 0.29) is 12.3 Å². The predicted molar refractivity (Wildman–Crippen MR) is 90.5 cm³/mol. The minimum Gasteiger partial charge on any atom is -0.497 e. The molecule has 2 amide bonds. The number of halogens is 1. The Bertz CT molecular complexity index is 807. The molecular weight excluding hydrogens is 327 g/mol. The number of benzene rings is 2. The summed E-state index contributed by atoms with van der Waals surface area (Å²) in [6.07, 6.45) is 0.00535. The van der Waals surface area contributed by atoms with Crippen molar-refractivity contribution in [3.05, 3.63) is 48.3 Å². The van der Waals surface area contributed by atoms with Gasteiger partial charge in [0.25, 0.3) is 5.91 Å². The average molecular weight is 344 g/mol. The molecule has 0 saturated carbocycles. The number of hydrogen-bond donors (Lipinski definition) is 1. The normalized spacial score (nSPS) is 16.9. The zero-order valence-electron chi connectivity index (χ0n) is 13.8. The molecule has 1 aliphatic rings. The Hall–Kier alpha value is -3.09. The van der Waals surface area contributed by atoms with Crippen molar-refractivity contribution in [2.24, 2.45) is 0 Å². The third-order valence-corrected chi connectivity index (χ3v) is 3.97. The van der Waals surface area contributed by atoms with Crippen LogP contribution >= 0.6 is 0 Å². The fourth-order valence-electron chi connectivity index (χ4n) is 2.71. The van der Waals surface area contributed by atoms with Gasteiger partial charge in [0.05, 0.1) is 32.0 Å². The van der Waals surface area contributed by atoms with Crippen LogP contribution in [0.5, 0.6) is 11.5 Å². The van der Waals surface area contributed by atoms with Crippen LogP contribution in [0.3, 0.4) is 0 Å². The maximum Gasteiger partial charge on any atom is 0.256 e. The van der Waals surface area contributed by atoms with Crippen LogP contribution in [0.1, 0.15) is 6.42 Å². The number of rotatable bonds is 5. The first-order valence-corrected chi connectivity index (χ1v) is 7.64. The first-order valence-electron chi connectivity index (χ1n) is 7.64. The van der Waals surface area contributed by atoms with Gasteiger partial charge in [-0.1, -0.05) is 0 Å². The zero-order valence-corrected chi connectivity index (χ0v) is 13.8. The third-order valence-electron chi connectivity index (χ3n) is 3.97. The van der Waals surface area contributed by atoms with E-state index in [1.165, 1.54) is 31.4 Å². The van der Waals surface area contributed by atoms with Gasteiger partial charge in [0, 0.05) is 6.07 Å². The molecule has 1 aliphatic heterocycles. The molecule has 130 valence electrons. The molecule has 25 heavy (non-hydrogen) atoms. The molecule has 0 aliphatic carbocycles. The number of nitrogens with one attached hydrogen (secondary N) is 1. The second-order valence-corrected chi connectivity index (χ2v) is 5.51. The van der Waals surface area contributed by atoms with E-state index >= 15 is 0 Å². The Morgan fingerprint density at radius 3 is 2.44 bits per heavy atom. The van der Waals surface area contributed by atoms with Gasteiger partial charge in [0.2, 0.25) is 5.91 Å². The number of imide groups is 1.